The van der Waals surface area contributed by atoms with Gasteiger partial charge in [0.05, 0.1) is 23.5 Å². The SMILES string of the molecule is Cc1ccc(-n2nc(C)c(CC(=O)NN(C)c3ccccc3)c2C)cc1Cl. The van der Waals surface area contributed by atoms with E-state index in [2.05, 4.69) is 10.5 Å². The first kappa shape index (κ1) is 19.0. The number of rotatable bonds is 5. The molecular weight excluding hydrogens is 360 g/mol. The molecule has 1 amide bonds. The van der Waals surface area contributed by atoms with E-state index in [-0.39, 0.29) is 12.3 Å². The van der Waals surface area contributed by atoms with E-state index in [0.717, 1.165) is 33.9 Å². The Morgan fingerprint density at radius 3 is 2.52 bits per heavy atom. The molecule has 0 unspecified atom stereocenters. The molecule has 0 aliphatic heterocycles. The lowest BCUT2D eigenvalue weighted by Gasteiger charge is -2.20. The predicted molar refractivity (Wildman–Crippen MR) is 109 cm³/mol. The number of nitrogens with zero attached hydrogens (tertiary/aromatic N) is 3. The number of benzene rings is 2. The maximum atomic E-state index is 12.5. The number of halogens is 1. The molecule has 0 saturated heterocycles. The van der Waals surface area contributed by atoms with Crippen molar-refractivity contribution in [1.82, 2.24) is 15.2 Å². The van der Waals surface area contributed by atoms with Crippen LogP contribution in [-0.2, 0) is 11.2 Å². The Hall–Kier alpha value is -2.79. The van der Waals surface area contributed by atoms with E-state index in [1.807, 2.05) is 81.0 Å². The molecule has 0 atom stereocenters. The summed E-state index contributed by atoms with van der Waals surface area (Å²) in [5, 5.41) is 7.02. The lowest BCUT2D eigenvalue weighted by Crippen LogP contribution is -2.40. The van der Waals surface area contributed by atoms with E-state index in [0.29, 0.717) is 5.02 Å². The third-order valence-corrected chi connectivity index (χ3v) is 5.02. The number of hydrogen-bond acceptors (Lipinski definition) is 3. The molecule has 3 rings (SSSR count). The number of hydrazine groups is 1. The summed E-state index contributed by atoms with van der Waals surface area (Å²) in [6.07, 6.45) is 0.258. The molecule has 140 valence electrons. The fourth-order valence-corrected chi connectivity index (χ4v) is 3.17. The lowest BCUT2D eigenvalue weighted by molar-refractivity contribution is -0.120. The number of nitrogens with one attached hydrogen (secondary N) is 1. The van der Waals surface area contributed by atoms with Crippen molar-refractivity contribution in [1.29, 1.82) is 0 Å². The topological polar surface area (TPSA) is 50.2 Å². The molecule has 3 aromatic rings. The summed E-state index contributed by atoms with van der Waals surface area (Å²) in [6.45, 7) is 5.85. The third-order valence-electron chi connectivity index (χ3n) is 4.61. The van der Waals surface area contributed by atoms with Crippen LogP contribution < -0.4 is 10.4 Å². The molecule has 6 heteroatoms. The van der Waals surface area contributed by atoms with E-state index in [1.54, 1.807) is 5.01 Å². The second-order valence-electron chi connectivity index (χ2n) is 6.60. The molecule has 5 nitrogen and oxygen atoms in total. The summed E-state index contributed by atoms with van der Waals surface area (Å²) >= 11 is 6.25. The van der Waals surface area contributed by atoms with Gasteiger partial charge in [-0.1, -0.05) is 35.9 Å². The summed E-state index contributed by atoms with van der Waals surface area (Å²) in [6, 6.07) is 15.5. The van der Waals surface area contributed by atoms with Gasteiger partial charge >= 0.3 is 0 Å². The standard InChI is InChI=1S/C21H23ClN4O/c1-14-10-11-18(12-20(14)22)26-16(3)19(15(2)23-26)13-21(27)24-25(4)17-8-6-5-7-9-17/h5-12H,13H2,1-4H3,(H,24,27). The lowest BCUT2D eigenvalue weighted by atomic mass is 10.1. The minimum absolute atomic E-state index is 0.0889. The van der Waals surface area contributed by atoms with Crippen molar-refractivity contribution < 1.29 is 4.79 Å². The second-order valence-corrected chi connectivity index (χ2v) is 7.01. The number of para-hydroxylation sites is 1. The number of anilines is 1. The minimum Gasteiger partial charge on any atom is -0.289 e. The maximum absolute atomic E-state index is 12.5. The van der Waals surface area contributed by atoms with Crippen molar-refractivity contribution in [2.45, 2.75) is 27.2 Å². The van der Waals surface area contributed by atoms with Gasteiger partial charge in [-0.3, -0.25) is 15.2 Å². The van der Waals surface area contributed by atoms with Gasteiger partial charge in [0.2, 0.25) is 5.91 Å². The van der Waals surface area contributed by atoms with Gasteiger partial charge in [0.1, 0.15) is 0 Å². The number of carbonyl (C=O) groups is 1. The van der Waals surface area contributed by atoms with Gasteiger partial charge in [0.15, 0.2) is 0 Å². The van der Waals surface area contributed by atoms with Gasteiger partial charge in [-0.05, 0) is 50.6 Å². The van der Waals surface area contributed by atoms with Crippen LogP contribution in [0.1, 0.15) is 22.5 Å². The Kier molecular flexibility index (Phi) is 5.51. The Morgan fingerprint density at radius 1 is 1.15 bits per heavy atom. The Morgan fingerprint density at radius 2 is 1.85 bits per heavy atom. The zero-order valence-electron chi connectivity index (χ0n) is 16.0. The number of aromatic nitrogens is 2. The van der Waals surface area contributed by atoms with Gasteiger partial charge in [0.25, 0.3) is 0 Å². The fraction of sp³-hybridized carbons (Fsp3) is 0.238. The molecule has 0 radical (unpaired) electrons. The second kappa shape index (κ2) is 7.84. The zero-order valence-corrected chi connectivity index (χ0v) is 16.7. The molecule has 1 heterocycles. The van der Waals surface area contributed by atoms with Crippen molar-refractivity contribution in [3.8, 4) is 5.69 Å². The Balaban J connectivity index is 1.78. The largest absolute Gasteiger partial charge is 0.289 e. The smallest absolute Gasteiger partial charge is 0.243 e. The first-order chi connectivity index (χ1) is 12.9. The minimum atomic E-state index is -0.0889. The van der Waals surface area contributed by atoms with Crippen LogP contribution in [0.4, 0.5) is 5.69 Å². The highest BCUT2D eigenvalue weighted by Gasteiger charge is 2.17. The molecule has 27 heavy (non-hydrogen) atoms. The van der Waals surface area contributed by atoms with Crippen molar-refractivity contribution in [3.63, 3.8) is 0 Å². The van der Waals surface area contributed by atoms with Gasteiger partial charge in [-0.25, -0.2) is 4.68 Å². The highest BCUT2D eigenvalue weighted by atomic mass is 35.5. The summed E-state index contributed by atoms with van der Waals surface area (Å²) in [5.74, 6) is -0.0889. The Labute approximate surface area is 164 Å². The van der Waals surface area contributed by atoms with Crippen LogP contribution >= 0.6 is 11.6 Å². The van der Waals surface area contributed by atoms with Gasteiger partial charge in [-0.2, -0.15) is 5.10 Å². The first-order valence-electron chi connectivity index (χ1n) is 8.76. The average Bonchev–Trinajstić information content (AvgIpc) is 2.93. The van der Waals surface area contributed by atoms with Gasteiger partial charge in [0, 0.05) is 23.3 Å². The quantitative estimate of drug-likeness (QED) is 0.674. The Bertz CT molecular complexity index is 966. The number of hydrogen-bond donors (Lipinski definition) is 1. The monoisotopic (exact) mass is 382 g/mol. The van der Waals surface area contributed by atoms with E-state index >= 15 is 0 Å². The highest BCUT2D eigenvalue weighted by Crippen LogP contribution is 2.23. The summed E-state index contributed by atoms with van der Waals surface area (Å²) in [7, 11) is 1.82. The number of amides is 1. The zero-order chi connectivity index (χ0) is 19.6. The van der Waals surface area contributed by atoms with Gasteiger partial charge < -0.3 is 0 Å². The molecule has 1 aromatic heterocycles. The van der Waals surface area contributed by atoms with Crippen molar-refractivity contribution in [3.05, 3.63) is 76.1 Å². The molecule has 0 spiro atoms. The third kappa shape index (κ3) is 4.14. The van der Waals surface area contributed by atoms with Crippen molar-refractivity contribution >= 4 is 23.2 Å². The highest BCUT2D eigenvalue weighted by molar-refractivity contribution is 6.31. The summed E-state index contributed by atoms with van der Waals surface area (Å²) < 4.78 is 1.84. The van der Waals surface area contributed by atoms with Crippen LogP contribution in [0.15, 0.2) is 48.5 Å². The van der Waals surface area contributed by atoms with Crippen LogP contribution in [0.25, 0.3) is 5.69 Å². The first-order valence-corrected chi connectivity index (χ1v) is 9.14. The molecule has 1 N–H and O–H groups in total. The van der Waals surface area contributed by atoms with Crippen LogP contribution in [0.5, 0.6) is 0 Å². The van der Waals surface area contributed by atoms with E-state index in [1.165, 1.54) is 0 Å². The normalized spacial score (nSPS) is 10.7. The summed E-state index contributed by atoms with van der Waals surface area (Å²) in [4.78, 5) is 12.5. The molecule has 0 aliphatic rings. The molecule has 0 fully saturated rings. The van der Waals surface area contributed by atoms with Crippen LogP contribution in [-0.4, -0.2) is 22.7 Å². The van der Waals surface area contributed by atoms with Crippen LogP contribution in [0.3, 0.4) is 0 Å². The maximum Gasteiger partial charge on any atom is 0.243 e. The molecule has 2 aromatic carbocycles. The van der Waals surface area contributed by atoms with Crippen LogP contribution in [0, 0.1) is 20.8 Å². The van der Waals surface area contributed by atoms with E-state index in [4.69, 9.17) is 11.6 Å². The molecule has 0 saturated carbocycles. The number of aryl methyl sites for hydroxylation is 2. The van der Waals surface area contributed by atoms with E-state index in [9.17, 15) is 4.79 Å². The summed E-state index contributed by atoms with van der Waals surface area (Å²) in [5.41, 5.74) is 8.42. The van der Waals surface area contributed by atoms with E-state index < -0.39 is 0 Å². The molecular formula is C21H23ClN4O. The van der Waals surface area contributed by atoms with Gasteiger partial charge in [-0.15, -0.1) is 0 Å². The predicted octanol–water partition coefficient (Wildman–Crippen LogP) is 4.16. The van der Waals surface area contributed by atoms with Crippen molar-refractivity contribution in [2.24, 2.45) is 0 Å². The number of carbonyl (C=O) groups excluding carboxylic acids is 1. The molecule has 0 aliphatic carbocycles. The van der Waals surface area contributed by atoms with Crippen LogP contribution in [0.2, 0.25) is 5.02 Å². The average molecular weight is 383 g/mol. The fourth-order valence-electron chi connectivity index (χ4n) is 3.00. The molecule has 0 bridgehead atoms. The van der Waals surface area contributed by atoms with Crippen molar-refractivity contribution in [2.75, 3.05) is 12.1 Å².